The number of aryl methyl sites for hydroxylation is 2. The third-order valence-electron chi connectivity index (χ3n) is 5.74. The van der Waals surface area contributed by atoms with Crippen molar-refractivity contribution in [2.24, 2.45) is 0 Å². The molecule has 2 aromatic carbocycles. The van der Waals surface area contributed by atoms with Gasteiger partial charge in [-0.15, -0.1) is 0 Å². The van der Waals surface area contributed by atoms with Gasteiger partial charge in [-0.2, -0.15) is 13.2 Å². The van der Waals surface area contributed by atoms with Gasteiger partial charge in [-0.25, -0.2) is 14.8 Å². The van der Waals surface area contributed by atoms with Gasteiger partial charge >= 0.3 is 12.2 Å². The minimum absolute atomic E-state index is 0.333. The van der Waals surface area contributed by atoms with E-state index in [0.29, 0.717) is 51.8 Å². The van der Waals surface area contributed by atoms with Crippen LogP contribution in [0.15, 0.2) is 54.6 Å². The van der Waals surface area contributed by atoms with Gasteiger partial charge < -0.3 is 15.2 Å². The van der Waals surface area contributed by atoms with Crippen LogP contribution in [-0.4, -0.2) is 20.6 Å². The molecular formula is C26H25ClF3N5O. The van der Waals surface area contributed by atoms with E-state index in [4.69, 9.17) is 16.6 Å². The van der Waals surface area contributed by atoms with Gasteiger partial charge in [0.25, 0.3) is 0 Å². The quantitative estimate of drug-likeness (QED) is 0.268. The molecule has 2 N–H and O–H groups in total. The van der Waals surface area contributed by atoms with Gasteiger partial charge in [-0.3, -0.25) is 0 Å². The van der Waals surface area contributed by atoms with Gasteiger partial charge in [-0.1, -0.05) is 49.2 Å². The summed E-state index contributed by atoms with van der Waals surface area (Å²) in [6, 6.07) is 13.3. The zero-order chi connectivity index (χ0) is 25.9. The predicted molar refractivity (Wildman–Crippen MR) is 136 cm³/mol. The van der Waals surface area contributed by atoms with Gasteiger partial charge in [0.15, 0.2) is 5.65 Å². The fourth-order valence-electron chi connectivity index (χ4n) is 3.82. The minimum atomic E-state index is -4.38. The van der Waals surface area contributed by atoms with E-state index >= 15 is 0 Å². The second kappa shape index (κ2) is 10.6. The van der Waals surface area contributed by atoms with E-state index in [1.54, 1.807) is 37.3 Å². The van der Waals surface area contributed by atoms with Gasteiger partial charge in [0.1, 0.15) is 11.3 Å². The van der Waals surface area contributed by atoms with E-state index in [1.165, 1.54) is 12.1 Å². The lowest BCUT2D eigenvalue weighted by molar-refractivity contribution is -0.137. The summed E-state index contributed by atoms with van der Waals surface area (Å²) in [6.07, 6.45) is -1.82. The number of hydrogen-bond acceptors (Lipinski definition) is 3. The van der Waals surface area contributed by atoms with Crippen molar-refractivity contribution in [1.82, 2.24) is 14.5 Å². The molecule has 0 aliphatic rings. The Morgan fingerprint density at radius 1 is 1.03 bits per heavy atom. The molecule has 4 aromatic rings. The van der Waals surface area contributed by atoms with Crippen molar-refractivity contribution >= 4 is 40.2 Å². The van der Waals surface area contributed by atoms with E-state index in [1.807, 2.05) is 4.57 Å². The molecule has 0 aliphatic carbocycles. The highest BCUT2D eigenvalue weighted by molar-refractivity contribution is 6.33. The van der Waals surface area contributed by atoms with Crippen LogP contribution < -0.4 is 10.6 Å². The Morgan fingerprint density at radius 2 is 1.72 bits per heavy atom. The maximum Gasteiger partial charge on any atom is 0.416 e. The first-order chi connectivity index (χ1) is 17.2. The number of imidazole rings is 1. The van der Waals surface area contributed by atoms with Crippen molar-refractivity contribution in [1.29, 1.82) is 0 Å². The normalized spacial score (nSPS) is 11.6. The van der Waals surface area contributed by atoms with Gasteiger partial charge in [0.05, 0.1) is 34.2 Å². The van der Waals surface area contributed by atoms with Crippen LogP contribution in [-0.2, 0) is 19.1 Å². The highest BCUT2D eigenvalue weighted by atomic mass is 35.5. The van der Waals surface area contributed by atoms with E-state index in [2.05, 4.69) is 22.5 Å². The van der Waals surface area contributed by atoms with Crippen LogP contribution in [0.1, 0.15) is 42.4 Å². The standard InChI is InChI=1S/C26H25ClF3N5O/c1-3-4-9-23-32-22-14-21(34-25(36)33-20-8-6-5-7-19(20)27)16(2)31-24(22)35(23)15-17-10-12-18(13-11-17)26(28,29)30/h5-8,10-14H,3-4,9,15H2,1-2H3,(H2,33,34,36). The van der Waals surface area contributed by atoms with Crippen molar-refractivity contribution in [2.75, 3.05) is 10.6 Å². The largest absolute Gasteiger partial charge is 0.416 e. The Kier molecular flexibility index (Phi) is 7.49. The number of aromatic nitrogens is 3. The van der Waals surface area contributed by atoms with Gasteiger partial charge in [-0.05, 0) is 49.2 Å². The molecule has 10 heteroatoms. The summed E-state index contributed by atoms with van der Waals surface area (Å²) in [5, 5.41) is 5.92. The summed E-state index contributed by atoms with van der Waals surface area (Å²) in [7, 11) is 0. The first-order valence-electron chi connectivity index (χ1n) is 11.5. The molecule has 2 aromatic heterocycles. The molecule has 188 valence electrons. The number of pyridine rings is 1. The SMILES string of the molecule is CCCCc1nc2cc(NC(=O)Nc3ccccc3Cl)c(C)nc2n1Cc1ccc(C(F)(F)F)cc1. The average Bonchev–Trinajstić information content (AvgIpc) is 3.15. The zero-order valence-electron chi connectivity index (χ0n) is 19.8. The van der Waals surface area contributed by atoms with Crippen LogP contribution in [0.3, 0.4) is 0 Å². The van der Waals surface area contributed by atoms with E-state index in [0.717, 1.165) is 30.8 Å². The first-order valence-corrected chi connectivity index (χ1v) is 11.9. The highest BCUT2D eigenvalue weighted by Gasteiger charge is 2.30. The monoisotopic (exact) mass is 515 g/mol. The smallest absolute Gasteiger partial charge is 0.308 e. The molecule has 36 heavy (non-hydrogen) atoms. The Hall–Kier alpha value is -3.59. The summed E-state index contributed by atoms with van der Waals surface area (Å²) in [5.74, 6) is 0.788. The van der Waals surface area contributed by atoms with Gasteiger partial charge in [0.2, 0.25) is 0 Å². The Labute approximate surface area is 211 Å². The molecule has 0 atom stereocenters. The fourth-order valence-corrected chi connectivity index (χ4v) is 4.01. The van der Waals surface area contributed by atoms with E-state index in [9.17, 15) is 18.0 Å². The molecule has 0 aliphatic heterocycles. The second-order valence-electron chi connectivity index (χ2n) is 8.44. The van der Waals surface area contributed by atoms with Crippen LogP contribution in [0.25, 0.3) is 11.2 Å². The van der Waals surface area contributed by atoms with Gasteiger partial charge in [0, 0.05) is 6.42 Å². The van der Waals surface area contributed by atoms with Crippen LogP contribution in [0.2, 0.25) is 5.02 Å². The number of urea groups is 1. The lowest BCUT2D eigenvalue weighted by Crippen LogP contribution is -2.20. The van der Waals surface area contributed by atoms with E-state index in [-0.39, 0.29) is 0 Å². The van der Waals surface area contributed by atoms with Crippen molar-refractivity contribution in [2.45, 2.75) is 45.8 Å². The number of benzene rings is 2. The molecule has 0 unspecified atom stereocenters. The second-order valence-corrected chi connectivity index (χ2v) is 8.84. The number of rotatable bonds is 7. The Bertz CT molecular complexity index is 1380. The molecule has 4 rings (SSSR count). The maximum atomic E-state index is 13.0. The highest BCUT2D eigenvalue weighted by Crippen LogP contribution is 2.30. The molecule has 2 amide bonds. The molecule has 0 spiro atoms. The number of anilines is 2. The first kappa shape index (κ1) is 25.5. The maximum absolute atomic E-state index is 13.0. The third kappa shape index (κ3) is 5.79. The molecule has 0 bridgehead atoms. The van der Waals surface area contributed by atoms with Crippen molar-refractivity contribution < 1.29 is 18.0 Å². The lowest BCUT2D eigenvalue weighted by atomic mass is 10.1. The topological polar surface area (TPSA) is 71.8 Å². The number of nitrogens with zero attached hydrogens (tertiary/aromatic N) is 3. The number of carbonyl (C=O) groups is 1. The Morgan fingerprint density at radius 3 is 2.39 bits per heavy atom. The van der Waals surface area contributed by atoms with Crippen LogP contribution in [0.4, 0.5) is 29.3 Å². The zero-order valence-corrected chi connectivity index (χ0v) is 20.5. The molecule has 0 saturated carbocycles. The third-order valence-corrected chi connectivity index (χ3v) is 6.07. The molecule has 0 radical (unpaired) electrons. The molecule has 0 fully saturated rings. The number of fused-ring (bicyclic) bond motifs is 1. The van der Waals surface area contributed by atoms with Crippen LogP contribution in [0.5, 0.6) is 0 Å². The average molecular weight is 516 g/mol. The minimum Gasteiger partial charge on any atom is -0.308 e. The fraction of sp³-hybridized carbons (Fsp3) is 0.269. The number of alkyl halides is 3. The number of unbranched alkanes of at least 4 members (excludes halogenated alkanes) is 1. The molecule has 6 nitrogen and oxygen atoms in total. The molecule has 2 heterocycles. The van der Waals surface area contributed by atoms with E-state index < -0.39 is 17.8 Å². The van der Waals surface area contributed by atoms with Crippen LogP contribution in [0, 0.1) is 6.92 Å². The van der Waals surface area contributed by atoms with Crippen molar-refractivity contribution in [3.63, 3.8) is 0 Å². The Balaban J connectivity index is 1.63. The number of carbonyl (C=O) groups excluding carboxylic acids is 1. The number of halogens is 4. The summed E-state index contributed by atoms with van der Waals surface area (Å²) in [4.78, 5) is 22.0. The number of hydrogen-bond donors (Lipinski definition) is 2. The number of amides is 2. The van der Waals surface area contributed by atoms with Crippen LogP contribution >= 0.6 is 11.6 Å². The summed E-state index contributed by atoms with van der Waals surface area (Å²) < 4.78 is 40.8. The van der Waals surface area contributed by atoms with Crippen molar-refractivity contribution in [3.05, 3.63) is 82.3 Å². The summed E-state index contributed by atoms with van der Waals surface area (Å²) in [6.45, 7) is 4.18. The summed E-state index contributed by atoms with van der Waals surface area (Å²) in [5.41, 5.74) is 2.77. The van der Waals surface area contributed by atoms with Crippen molar-refractivity contribution in [3.8, 4) is 0 Å². The number of nitrogens with one attached hydrogen (secondary N) is 2. The number of para-hydroxylation sites is 1. The summed E-state index contributed by atoms with van der Waals surface area (Å²) >= 11 is 6.12. The predicted octanol–water partition coefficient (Wildman–Crippen LogP) is 7.45. The lowest BCUT2D eigenvalue weighted by Gasteiger charge is -2.12. The molecule has 0 saturated heterocycles. The molecular weight excluding hydrogens is 491 g/mol.